The molecule has 0 saturated carbocycles. The van der Waals surface area contributed by atoms with Gasteiger partial charge in [0, 0.05) is 18.9 Å². The van der Waals surface area contributed by atoms with E-state index in [1.807, 2.05) is 49.0 Å². The lowest BCUT2D eigenvalue weighted by molar-refractivity contribution is 0.0531. The van der Waals surface area contributed by atoms with Gasteiger partial charge in [0.2, 0.25) is 0 Å². The number of fused-ring (bicyclic) bond motifs is 1. The van der Waals surface area contributed by atoms with Gasteiger partial charge in [-0.25, -0.2) is 19.4 Å². The molecule has 0 fully saturated rings. The highest BCUT2D eigenvalue weighted by atomic mass is 32.1. The second-order valence-electron chi connectivity index (χ2n) is 6.51. The van der Waals surface area contributed by atoms with Gasteiger partial charge in [0.1, 0.15) is 21.3 Å². The quantitative estimate of drug-likeness (QED) is 0.480. The predicted octanol–water partition coefficient (Wildman–Crippen LogP) is 4.28. The van der Waals surface area contributed by atoms with Crippen molar-refractivity contribution in [2.45, 2.75) is 27.3 Å². The third-order valence-electron chi connectivity index (χ3n) is 4.55. The Bertz CT molecular complexity index is 1170. The number of anilines is 1. The second kappa shape index (κ2) is 8.00. The van der Waals surface area contributed by atoms with Crippen LogP contribution in [0.5, 0.6) is 0 Å². The molecule has 7 nitrogen and oxygen atoms in total. The molecular formula is C21H21N5O2S. The van der Waals surface area contributed by atoms with Crippen molar-refractivity contribution in [2.24, 2.45) is 0 Å². The summed E-state index contributed by atoms with van der Waals surface area (Å²) >= 11 is 1.34. The lowest BCUT2D eigenvalue weighted by Gasteiger charge is -2.12. The summed E-state index contributed by atoms with van der Waals surface area (Å²) in [4.78, 5) is 22.8. The van der Waals surface area contributed by atoms with E-state index in [-0.39, 0.29) is 5.97 Å². The number of carbonyl (C=O) groups excluding carboxylic acids is 1. The molecule has 148 valence electrons. The molecule has 0 aliphatic rings. The van der Waals surface area contributed by atoms with Crippen LogP contribution in [0.25, 0.3) is 15.9 Å². The number of thiophene rings is 1. The Morgan fingerprint density at radius 3 is 2.79 bits per heavy atom. The zero-order valence-electron chi connectivity index (χ0n) is 16.5. The van der Waals surface area contributed by atoms with Crippen LogP contribution >= 0.6 is 11.3 Å². The lowest BCUT2D eigenvalue weighted by Crippen LogP contribution is -2.08. The number of nitrogens with one attached hydrogen (secondary N) is 1. The van der Waals surface area contributed by atoms with Gasteiger partial charge < -0.3 is 10.1 Å². The van der Waals surface area contributed by atoms with E-state index in [0.29, 0.717) is 29.7 Å². The number of rotatable bonds is 6. The van der Waals surface area contributed by atoms with Crippen molar-refractivity contribution in [3.05, 3.63) is 64.6 Å². The van der Waals surface area contributed by atoms with Crippen molar-refractivity contribution in [1.82, 2.24) is 19.7 Å². The molecule has 1 aromatic carbocycles. The predicted molar refractivity (Wildman–Crippen MR) is 114 cm³/mol. The summed E-state index contributed by atoms with van der Waals surface area (Å²) in [7, 11) is 0. The van der Waals surface area contributed by atoms with E-state index in [1.165, 1.54) is 11.3 Å². The van der Waals surface area contributed by atoms with Gasteiger partial charge >= 0.3 is 5.97 Å². The molecule has 1 N–H and O–H groups in total. The Morgan fingerprint density at radius 1 is 1.21 bits per heavy atom. The molecule has 29 heavy (non-hydrogen) atoms. The highest BCUT2D eigenvalue weighted by molar-refractivity contribution is 7.20. The molecule has 4 aromatic rings. The highest BCUT2D eigenvalue weighted by Crippen LogP contribution is 2.34. The number of ether oxygens (including phenoxy) is 1. The SMILES string of the molecule is CCOC(=O)c1sc2nc(C)nc(NCc3ccccc3-n3cccn3)c2c1C. The number of nitrogens with zero attached hydrogens (tertiary/aromatic N) is 4. The summed E-state index contributed by atoms with van der Waals surface area (Å²) in [6.07, 6.45) is 3.67. The first-order valence-electron chi connectivity index (χ1n) is 9.35. The maximum absolute atomic E-state index is 12.3. The van der Waals surface area contributed by atoms with Gasteiger partial charge in [0.15, 0.2) is 0 Å². The number of hydrogen-bond donors (Lipinski definition) is 1. The highest BCUT2D eigenvalue weighted by Gasteiger charge is 2.21. The van der Waals surface area contributed by atoms with Gasteiger partial charge in [-0.05, 0) is 44.0 Å². The van der Waals surface area contributed by atoms with Crippen LogP contribution in [-0.2, 0) is 11.3 Å². The summed E-state index contributed by atoms with van der Waals surface area (Å²) in [5.74, 6) is 1.05. The van der Waals surface area contributed by atoms with Crippen LogP contribution < -0.4 is 5.32 Å². The van der Waals surface area contributed by atoms with Crippen LogP contribution in [0.1, 0.15) is 33.5 Å². The Hall–Kier alpha value is -3.26. The number of aryl methyl sites for hydroxylation is 2. The zero-order valence-corrected chi connectivity index (χ0v) is 17.3. The van der Waals surface area contributed by atoms with Crippen molar-refractivity contribution in [3.8, 4) is 5.69 Å². The number of carbonyl (C=O) groups is 1. The van der Waals surface area contributed by atoms with Gasteiger partial charge in [-0.3, -0.25) is 0 Å². The van der Waals surface area contributed by atoms with Crippen molar-refractivity contribution >= 4 is 33.3 Å². The largest absolute Gasteiger partial charge is 0.462 e. The summed E-state index contributed by atoms with van der Waals surface area (Å²) in [6.45, 7) is 6.46. The van der Waals surface area contributed by atoms with E-state index in [9.17, 15) is 4.79 Å². The molecule has 0 aliphatic heterocycles. The molecule has 3 heterocycles. The molecule has 8 heteroatoms. The number of para-hydroxylation sites is 1. The van der Waals surface area contributed by atoms with Crippen LogP contribution in [0.4, 0.5) is 5.82 Å². The molecular weight excluding hydrogens is 386 g/mol. The second-order valence-corrected chi connectivity index (χ2v) is 7.51. The minimum Gasteiger partial charge on any atom is -0.462 e. The van der Waals surface area contributed by atoms with Crippen molar-refractivity contribution in [2.75, 3.05) is 11.9 Å². The smallest absolute Gasteiger partial charge is 0.348 e. The molecule has 0 unspecified atom stereocenters. The maximum Gasteiger partial charge on any atom is 0.348 e. The summed E-state index contributed by atoms with van der Waals surface area (Å²) < 4.78 is 7.03. The molecule has 0 bridgehead atoms. The Morgan fingerprint density at radius 2 is 2.03 bits per heavy atom. The van der Waals surface area contributed by atoms with Crippen LogP contribution in [0, 0.1) is 13.8 Å². The average molecular weight is 407 g/mol. The Labute approximate surface area is 172 Å². The fourth-order valence-electron chi connectivity index (χ4n) is 3.24. The molecule has 0 saturated heterocycles. The minimum atomic E-state index is -0.319. The van der Waals surface area contributed by atoms with E-state index in [4.69, 9.17) is 4.74 Å². The Kier molecular flexibility index (Phi) is 5.26. The molecule has 0 spiro atoms. The van der Waals surface area contributed by atoms with Crippen molar-refractivity contribution < 1.29 is 9.53 Å². The van der Waals surface area contributed by atoms with E-state index in [1.54, 1.807) is 13.1 Å². The molecule has 4 rings (SSSR count). The lowest BCUT2D eigenvalue weighted by atomic mass is 10.1. The normalized spacial score (nSPS) is 11.0. The fraction of sp³-hybridized carbons (Fsp3) is 0.238. The van der Waals surface area contributed by atoms with Crippen molar-refractivity contribution in [3.63, 3.8) is 0 Å². The van der Waals surface area contributed by atoms with Gasteiger partial charge in [-0.1, -0.05) is 18.2 Å². The molecule has 0 aliphatic carbocycles. The number of benzene rings is 1. The van der Waals surface area contributed by atoms with Crippen molar-refractivity contribution in [1.29, 1.82) is 0 Å². The average Bonchev–Trinajstić information content (AvgIpc) is 3.35. The summed E-state index contributed by atoms with van der Waals surface area (Å²) in [5, 5.41) is 8.63. The van der Waals surface area contributed by atoms with Crippen LogP contribution in [0.15, 0.2) is 42.7 Å². The fourth-order valence-corrected chi connectivity index (χ4v) is 4.36. The monoisotopic (exact) mass is 407 g/mol. The number of hydrogen-bond acceptors (Lipinski definition) is 7. The third kappa shape index (κ3) is 3.71. The molecule has 0 atom stereocenters. The van der Waals surface area contributed by atoms with Crippen LogP contribution in [-0.4, -0.2) is 32.3 Å². The number of esters is 1. The molecule has 3 aromatic heterocycles. The molecule has 0 amide bonds. The first-order valence-corrected chi connectivity index (χ1v) is 10.2. The molecule has 0 radical (unpaired) electrons. The van der Waals surface area contributed by atoms with Gasteiger partial charge in [-0.2, -0.15) is 5.10 Å². The third-order valence-corrected chi connectivity index (χ3v) is 5.72. The first kappa shape index (κ1) is 19.1. The van der Waals surface area contributed by atoms with Crippen LogP contribution in [0.3, 0.4) is 0 Å². The van der Waals surface area contributed by atoms with Gasteiger partial charge in [-0.15, -0.1) is 11.3 Å². The first-order chi connectivity index (χ1) is 14.1. The van der Waals surface area contributed by atoms with Gasteiger partial charge in [0.05, 0.1) is 17.7 Å². The Balaban J connectivity index is 1.70. The van der Waals surface area contributed by atoms with E-state index in [0.717, 1.165) is 27.0 Å². The van der Waals surface area contributed by atoms with E-state index < -0.39 is 0 Å². The van der Waals surface area contributed by atoms with E-state index >= 15 is 0 Å². The zero-order chi connectivity index (χ0) is 20.4. The standard InChI is InChI=1S/C21H21N5O2S/c1-4-28-21(27)18-13(2)17-19(24-14(3)25-20(17)29-18)22-12-15-8-5-6-9-16(15)26-11-7-10-23-26/h5-11H,4,12H2,1-3H3,(H,22,24,25). The number of aromatic nitrogens is 4. The minimum absolute atomic E-state index is 0.319. The van der Waals surface area contributed by atoms with E-state index in [2.05, 4.69) is 26.4 Å². The van der Waals surface area contributed by atoms with Crippen LogP contribution in [0.2, 0.25) is 0 Å². The summed E-state index contributed by atoms with van der Waals surface area (Å²) in [5.41, 5.74) is 2.92. The van der Waals surface area contributed by atoms with Gasteiger partial charge in [0.25, 0.3) is 0 Å². The maximum atomic E-state index is 12.3. The topological polar surface area (TPSA) is 81.9 Å². The summed E-state index contributed by atoms with van der Waals surface area (Å²) in [6, 6.07) is 9.97.